The number of pyridine rings is 2. The topological polar surface area (TPSA) is 128 Å². The lowest BCUT2D eigenvalue weighted by molar-refractivity contribution is -0.172. The van der Waals surface area contributed by atoms with Gasteiger partial charge in [0.1, 0.15) is 12.4 Å². The highest BCUT2D eigenvalue weighted by Gasteiger charge is 2.45. The van der Waals surface area contributed by atoms with Crippen molar-refractivity contribution < 1.29 is 19.7 Å². The Hall–Kier alpha value is -3.23. The van der Waals surface area contributed by atoms with E-state index in [1.807, 2.05) is 6.07 Å². The normalized spacial score (nSPS) is 19.6. The number of esters is 1. The van der Waals surface area contributed by atoms with Crippen molar-refractivity contribution in [3.05, 3.63) is 56.9 Å². The van der Waals surface area contributed by atoms with Crippen molar-refractivity contribution in [3.63, 3.8) is 0 Å². The fourth-order valence-electron chi connectivity index (χ4n) is 4.31. The summed E-state index contributed by atoms with van der Waals surface area (Å²) in [5, 5.41) is 21.7. The molecule has 4 heterocycles. The molecule has 0 amide bonds. The van der Waals surface area contributed by atoms with Gasteiger partial charge in [0, 0.05) is 28.6 Å². The number of hydrogen-bond donors (Lipinski definition) is 3. The van der Waals surface area contributed by atoms with Crippen LogP contribution in [0.25, 0.3) is 22.3 Å². The van der Waals surface area contributed by atoms with Crippen molar-refractivity contribution in [3.8, 4) is 17.1 Å². The van der Waals surface area contributed by atoms with Crippen LogP contribution >= 0.6 is 0 Å². The first-order valence-electron chi connectivity index (χ1n) is 9.40. The maximum Gasteiger partial charge on any atom is 0.343 e. The number of aliphatic hydroxyl groups is 1. The van der Waals surface area contributed by atoms with Crippen molar-refractivity contribution in [2.45, 2.75) is 38.6 Å². The molecular formula is C21H19N3O5. The maximum atomic E-state index is 13.1. The van der Waals surface area contributed by atoms with Gasteiger partial charge in [0.05, 0.1) is 29.0 Å². The first-order valence-corrected chi connectivity index (χ1v) is 9.40. The minimum atomic E-state index is -1.85. The van der Waals surface area contributed by atoms with Crippen molar-refractivity contribution in [1.82, 2.24) is 9.55 Å². The molecule has 4 N–H and O–H groups in total. The predicted octanol–water partition coefficient (Wildman–Crippen LogP) is 1.24. The van der Waals surface area contributed by atoms with Crippen LogP contribution in [0.5, 0.6) is 5.75 Å². The third-order valence-corrected chi connectivity index (χ3v) is 5.98. The number of benzene rings is 1. The Morgan fingerprint density at radius 3 is 2.83 bits per heavy atom. The van der Waals surface area contributed by atoms with E-state index in [1.165, 1.54) is 0 Å². The smallest absolute Gasteiger partial charge is 0.343 e. The Bertz CT molecular complexity index is 1280. The molecule has 0 saturated heterocycles. The Morgan fingerprint density at radius 2 is 2.10 bits per heavy atom. The van der Waals surface area contributed by atoms with E-state index < -0.39 is 11.6 Å². The average Bonchev–Trinajstić information content (AvgIpc) is 3.08. The van der Waals surface area contributed by atoms with Crippen LogP contribution in [0.2, 0.25) is 0 Å². The molecule has 29 heavy (non-hydrogen) atoms. The number of ether oxygens (including phenoxy) is 1. The predicted molar refractivity (Wildman–Crippen MR) is 104 cm³/mol. The second-order valence-corrected chi connectivity index (χ2v) is 7.43. The Morgan fingerprint density at radius 1 is 1.31 bits per heavy atom. The summed E-state index contributed by atoms with van der Waals surface area (Å²) in [6.45, 7) is 1.97. The fraction of sp³-hybridized carbons (Fsp3) is 0.286. The van der Waals surface area contributed by atoms with Gasteiger partial charge in [-0.25, -0.2) is 9.78 Å². The third-order valence-electron chi connectivity index (χ3n) is 5.98. The second kappa shape index (κ2) is 5.88. The number of nitrogens with two attached hydrogens (primary N) is 1. The summed E-state index contributed by atoms with van der Waals surface area (Å²) in [5.41, 5.74) is 7.43. The molecule has 1 aromatic carbocycles. The summed E-state index contributed by atoms with van der Waals surface area (Å²) in [6.07, 6.45) is 0.0961. The van der Waals surface area contributed by atoms with E-state index >= 15 is 0 Å². The van der Waals surface area contributed by atoms with Gasteiger partial charge in [0.2, 0.25) is 0 Å². The number of phenolic OH excluding ortho intramolecular Hbond substituents is 1. The van der Waals surface area contributed by atoms with Gasteiger partial charge in [-0.2, -0.15) is 0 Å². The maximum absolute atomic E-state index is 13.1. The van der Waals surface area contributed by atoms with E-state index in [9.17, 15) is 19.8 Å². The number of cyclic esters (lactones) is 1. The Labute approximate surface area is 165 Å². The minimum Gasteiger partial charge on any atom is -0.508 e. The molecule has 148 valence electrons. The van der Waals surface area contributed by atoms with E-state index in [0.717, 1.165) is 10.9 Å². The van der Waals surface area contributed by atoms with Crippen molar-refractivity contribution in [2.24, 2.45) is 5.73 Å². The molecule has 2 aromatic heterocycles. The lowest BCUT2D eigenvalue weighted by Gasteiger charge is -2.31. The number of phenols is 1. The minimum absolute atomic E-state index is 0.0961. The average molecular weight is 393 g/mol. The SMILES string of the molecule is CC[C@@]1(O)C(=O)OCc2c1cc1n(c2=O)Cc2cc3c(CN)c(O)ccc3nc2-1. The number of aromatic hydroxyl groups is 1. The molecule has 2 aliphatic rings. The van der Waals surface area contributed by atoms with Gasteiger partial charge in [-0.15, -0.1) is 0 Å². The summed E-state index contributed by atoms with van der Waals surface area (Å²) in [7, 11) is 0. The van der Waals surface area contributed by atoms with Gasteiger partial charge in [-0.3, -0.25) is 4.79 Å². The van der Waals surface area contributed by atoms with E-state index in [1.54, 1.807) is 29.7 Å². The molecule has 5 rings (SSSR count). The van der Waals surface area contributed by atoms with Crippen molar-refractivity contribution in [1.29, 1.82) is 0 Å². The van der Waals surface area contributed by atoms with Crippen LogP contribution in [0.1, 0.15) is 35.6 Å². The molecule has 8 heteroatoms. The highest BCUT2D eigenvalue weighted by Crippen LogP contribution is 2.39. The molecule has 0 fully saturated rings. The molecule has 0 saturated carbocycles. The molecular weight excluding hydrogens is 374 g/mol. The van der Waals surface area contributed by atoms with E-state index in [2.05, 4.69) is 0 Å². The molecule has 0 radical (unpaired) electrons. The Balaban J connectivity index is 1.79. The second-order valence-electron chi connectivity index (χ2n) is 7.43. The number of rotatable bonds is 2. The van der Waals surface area contributed by atoms with Gasteiger partial charge in [-0.05, 0) is 30.7 Å². The lowest BCUT2D eigenvalue weighted by Crippen LogP contribution is -2.44. The quantitative estimate of drug-likeness (QED) is 0.437. The third kappa shape index (κ3) is 2.24. The van der Waals surface area contributed by atoms with E-state index in [-0.39, 0.29) is 42.0 Å². The van der Waals surface area contributed by atoms with Crippen LogP contribution in [-0.4, -0.2) is 25.7 Å². The highest BCUT2D eigenvalue weighted by molar-refractivity contribution is 5.89. The van der Waals surface area contributed by atoms with Crippen LogP contribution < -0.4 is 11.3 Å². The fourth-order valence-corrected chi connectivity index (χ4v) is 4.31. The van der Waals surface area contributed by atoms with Crippen LogP contribution in [0, 0.1) is 0 Å². The van der Waals surface area contributed by atoms with Crippen molar-refractivity contribution >= 4 is 16.9 Å². The van der Waals surface area contributed by atoms with Gasteiger partial charge >= 0.3 is 5.97 Å². The van der Waals surface area contributed by atoms with Crippen molar-refractivity contribution in [2.75, 3.05) is 0 Å². The van der Waals surface area contributed by atoms with Crippen LogP contribution in [0.15, 0.2) is 29.1 Å². The van der Waals surface area contributed by atoms with Gasteiger partial charge < -0.3 is 25.3 Å². The number of aromatic nitrogens is 2. The largest absolute Gasteiger partial charge is 0.508 e. The molecule has 2 aliphatic heterocycles. The van der Waals surface area contributed by atoms with Gasteiger partial charge in [0.15, 0.2) is 5.60 Å². The summed E-state index contributed by atoms with van der Waals surface area (Å²) in [6, 6.07) is 6.81. The summed E-state index contributed by atoms with van der Waals surface area (Å²) >= 11 is 0. The molecule has 1 atom stereocenters. The lowest BCUT2D eigenvalue weighted by atomic mass is 9.86. The summed E-state index contributed by atoms with van der Waals surface area (Å²) < 4.78 is 6.65. The molecule has 3 aromatic rings. The number of nitrogens with zero attached hydrogens (tertiary/aromatic N) is 2. The standard InChI is InChI=1S/C21H19N3O5/c1-2-21(28)14-6-16-18-10(8-24(16)19(26)13(14)9-29-20(21)27)5-11-12(7-22)17(25)4-3-15(11)23-18/h3-6,25,28H,2,7-9,22H2,1H3/t21-/m0/s1. The zero-order valence-electron chi connectivity index (χ0n) is 15.7. The van der Waals surface area contributed by atoms with Gasteiger partial charge in [-0.1, -0.05) is 6.92 Å². The van der Waals surface area contributed by atoms with E-state index in [0.29, 0.717) is 29.0 Å². The molecule has 0 bridgehead atoms. The van der Waals surface area contributed by atoms with Crippen LogP contribution in [0.3, 0.4) is 0 Å². The highest BCUT2D eigenvalue weighted by atomic mass is 16.6. The first-order chi connectivity index (χ1) is 13.9. The number of carbonyl (C=O) groups excluding carboxylic acids is 1. The molecule has 0 aliphatic carbocycles. The molecule has 0 spiro atoms. The van der Waals surface area contributed by atoms with E-state index in [4.69, 9.17) is 15.5 Å². The molecule has 0 unspecified atom stereocenters. The Kier molecular flexibility index (Phi) is 3.62. The van der Waals surface area contributed by atoms with Gasteiger partial charge in [0.25, 0.3) is 5.56 Å². The number of carbonyl (C=O) groups is 1. The zero-order valence-corrected chi connectivity index (χ0v) is 15.7. The monoisotopic (exact) mass is 393 g/mol. The number of fused-ring (bicyclic) bond motifs is 5. The summed E-state index contributed by atoms with van der Waals surface area (Å²) in [4.78, 5) is 30.0. The van der Waals surface area contributed by atoms with Crippen LogP contribution in [-0.2, 0) is 34.8 Å². The van der Waals surface area contributed by atoms with Crippen LogP contribution in [0.4, 0.5) is 0 Å². The summed E-state index contributed by atoms with van der Waals surface area (Å²) in [5.74, 6) is -0.641. The zero-order chi connectivity index (χ0) is 20.5. The molecule has 8 nitrogen and oxygen atoms in total. The number of hydrogen-bond acceptors (Lipinski definition) is 7. The first kappa shape index (κ1) is 17.8.